The van der Waals surface area contributed by atoms with E-state index in [4.69, 9.17) is 5.73 Å². The summed E-state index contributed by atoms with van der Waals surface area (Å²) in [5.74, 6) is 0. The first-order valence-electron chi connectivity index (χ1n) is 7.45. The van der Waals surface area contributed by atoms with E-state index in [0.717, 1.165) is 6.04 Å². The normalized spacial score (nSPS) is 25.4. The van der Waals surface area contributed by atoms with Crippen molar-refractivity contribution in [3.8, 4) is 0 Å². The molecule has 0 bridgehead atoms. The molecule has 0 aromatic carbocycles. The molecule has 0 radical (unpaired) electrons. The van der Waals surface area contributed by atoms with Gasteiger partial charge in [-0.2, -0.15) is 0 Å². The minimum Gasteiger partial charge on any atom is -0.326 e. The molecule has 0 spiro atoms. The maximum Gasteiger partial charge on any atom is 0.0591 e. The van der Waals surface area contributed by atoms with Crippen LogP contribution < -0.4 is 5.73 Å². The number of aryl methyl sites for hydroxylation is 1. The third-order valence-electron chi connectivity index (χ3n) is 4.36. The van der Waals surface area contributed by atoms with E-state index in [-0.39, 0.29) is 6.04 Å². The fraction of sp³-hybridized carbons (Fsp3) is 0.733. The topological polar surface area (TPSA) is 32.5 Å². The highest BCUT2D eigenvalue weighted by molar-refractivity contribution is 7.12. The minimum atomic E-state index is 0.200. The van der Waals surface area contributed by atoms with Gasteiger partial charge < -0.3 is 5.73 Å². The first-order valence-corrected chi connectivity index (χ1v) is 8.27. The molecule has 2 aliphatic rings. The number of rotatable bonds is 4. The van der Waals surface area contributed by atoms with Gasteiger partial charge in [0.25, 0.3) is 0 Å². The van der Waals surface area contributed by atoms with E-state index in [1.54, 1.807) is 0 Å². The van der Waals surface area contributed by atoms with Crippen LogP contribution in [-0.4, -0.2) is 48.1 Å². The number of hydrogen-bond acceptors (Lipinski definition) is 4. The predicted molar refractivity (Wildman–Crippen MR) is 81.6 cm³/mol. The standard InChI is InChI=1S/C15H25N3S/c1-11-3-6-14(19-11)15(12(2)16)18-9-7-17(8-10-18)13-4-5-13/h3,6,12-13,15H,4-5,7-10,16H2,1-2H3. The van der Waals surface area contributed by atoms with Crippen molar-refractivity contribution in [3.63, 3.8) is 0 Å². The Morgan fingerprint density at radius 1 is 1.21 bits per heavy atom. The summed E-state index contributed by atoms with van der Waals surface area (Å²) in [5, 5.41) is 0. The summed E-state index contributed by atoms with van der Waals surface area (Å²) < 4.78 is 0. The van der Waals surface area contributed by atoms with Crippen LogP contribution in [0.15, 0.2) is 12.1 Å². The van der Waals surface area contributed by atoms with Crippen molar-refractivity contribution < 1.29 is 0 Å². The van der Waals surface area contributed by atoms with E-state index in [0.29, 0.717) is 6.04 Å². The molecule has 1 aliphatic carbocycles. The Kier molecular flexibility index (Phi) is 3.94. The number of hydrogen-bond donors (Lipinski definition) is 1. The molecule has 4 heteroatoms. The van der Waals surface area contributed by atoms with Crippen LogP contribution in [-0.2, 0) is 0 Å². The Hall–Kier alpha value is -0.420. The molecule has 1 aromatic rings. The number of thiophene rings is 1. The Morgan fingerprint density at radius 2 is 1.89 bits per heavy atom. The van der Waals surface area contributed by atoms with Crippen molar-refractivity contribution in [3.05, 3.63) is 21.9 Å². The lowest BCUT2D eigenvalue weighted by Crippen LogP contribution is -2.51. The van der Waals surface area contributed by atoms with Gasteiger partial charge in [-0.25, -0.2) is 0 Å². The molecule has 2 unspecified atom stereocenters. The number of piperazine rings is 1. The summed E-state index contributed by atoms with van der Waals surface area (Å²) in [6, 6.07) is 5.99. The van der Waals surface area contributed by atoms with E-state index in [1.807, 2.05) is 11.3 Å². The smallest absolute Gasteiger partial charge is 0.0591 e. The highest BCUT2D eigenvalue weighted by atomic mass is 32.1. The highest BCUT2D eigenvalue weighted by Crippen LogP contribution is 2.32. The highest BCUT2D eigenvalue weighted by Gasteiger charge is 2.34. The second-order valence-corrected chi connectivity index (χ2v) is 7.37. The molecule has 1 saturated carbocycles. The molecule has 3 rings (SSSR count). The molecule has 2 N–H and O–H groups in total. The summed E-state index contributed by atoms with van der Waals surface area (Å²) in [5.41, 5.74) is 6.27. The third kappa shape index (κ3) is 3.02. The number of nitrogens with two attached hydrogens (primary N) is 1. The van der Waals surface area contributed by atoms with Crippen molar-refractivity contribution in [1.82, 2.24) is 9.80 Å². The van der Waals surface area contributed by atoms with Gasteiger partial charge >= 0.3 is 0 Å². The van der Waals surface area contributed by atoms with Crippen LogP contribution in [0.25, 0.3) is 0 Å². The zero-order valence-electron chi connectivity index (χ0n) is 12.0. The van der Waals surface area contributed by atoms with Crippen molar-refractivity contribution in [2.24, 2.45) is 5.73 Å². The Labute approximate surface area is 120 Å². The molecule has 0 amide bonds. The van der Waals surface area contributed by atoms with Gasteiger partial charge in [0.1, 0.15) is 0 Å². The van der Waals surface area contributed by atoms with Crippen LogP contribution in [0, 0.1) is 6.92 Å². The van der Waals surface area contributed by atoms with Crippen molar-refractivity contribution in [2.75, 3.05) is 26.2 Å². The van der Waals surface area contributed by atoms with Gasteiger partial charge in [-0.1, -0.05) is 0 Å². The first-order chi connectivity index (χ1) is 9.15. The fourth-order valence-corrected chi connectivity index (χ4v) is 4.33. The Morgan fingerprint density at radius 3 is 2.37 bits per heavy atom. The quantitative estimate of drug-likeness (QED) is 0.917. The van der Waals surface area contributed by atoms with Crippen molar-refractivity contribution in [2.45, 2.75) is 44.8 Å². The van der Waals surface area contributed by atoms with Crippen LogP contribution >= 0.6 is 11.3 Å². The van der Waals surface area contributed by atoms with Crippen LogP contribution in [0.2, 0.25) is 0 Å². The largest absolute Gasteiger partial charge is 0.326 e. The van der Waals surface area contributed by atoms with Crippen LogP contribution in [0.3, 0.4) is 0 Å². The van der Waals surface area contributed by atoms with E-state index in [9.17, 15) is 0 Å². The molecule has 1 aromatic heterocycles. The van der Waals surface area contributed by atoms with Gasteiger partial charge in [-0.3, -0.25) is 9.80 Å². The van der Waals surface area contributed by atoms with Crippen molar-refractivity contribution in [1.29, 1.82) is 0 Å². The lowest BCUT2D eigenvalue weighted by Gasteiger charge is -2.40. The van der Waals surface area contributed by atoms with Crippen LogP contribution in [0.1, 0.15) is 35.6 Å². The second kappa shape index (κ2) is 5.52. The monoisotopic (exact) mass is 279 g/mol. The van der Waals surface area contributed by atoms with Crippen molar-refractivity contribution >= 4 is 11.3 Å². The zero-order chi connectivity index (χ0) is 13.4. The summed E-state index contributed by atoms with van der Waals surface area (Å²) in [4.78, 5) is 8.08. The summed E-state index contributed by atoms with van der Waals surface area (Å²) in [6.07, 6.45) is 2.83. The number of nitrogens with zero attached hydrogens (tertiary/aromatic N) is 2. The SMILES string of the molecule is Cc1ccc(C(C(C)N)N2CCN(C3CC3)CC2)s1. The Bertz CT molecular complexity index is 417. The van der Waals surface area contributed by atoms with Gasteiger partial charge in [-0.05, 0) is 38.8 Å². The molecule has 19 heavy (non-hydrogen) atoms. The summed E-state index contributed by atoms with van der Waals surface area (Å²) >= 11 is 1.90. The second-order valence-electron chi connectivity index (χ2n) is 6.06. The van der Waals surface area contributed by atoms with Gasteiger partial charge in [0, 0.05) is 48.0 Å². The molecule has 3 nitrogen and oxygen atoms in total. The molecular weight excluding hydrogens is 254 g/mol. The van der Waals surface area contributed by atoms with Gasteiger partial charge in [0.2, 0.25) is 0 Å². The molecule has 2 atom stereocenters. The lowest BCUT2D eigenvalue weighted by atomic mass is 10.1. The van der Waals surface area contributed by atoms with E-state index in [1.165, 1.54) is 48.8 Å². The summed E-state index contributed by atoms with van der Waals surface area (Å²) in [6.45, 7) is 9.10. The third-order valence-corrected chi connectivity index (χ3v) is 5.43. The maximum atomic E-state index is 6.27. The average Bonchev–Trinajstić information content (AvgIpc) is 3.14. The molecule has 106 valence electrons. The Balaban J connectivity index is 1.67. The molecule has 2 heterocycles. The molecule has 1 aliphatic heterocycles. The zero-order valence-corrected chi connectivity index (χ0v) is 12.8. The van der Waals surface area contributed by atoms with E-state index in [2.05, 4.69) is 35.8 Å². The summed E-state index contributed by atoms with van der Waals surface area (Å²) in [7, 11) is 0. The lowest BCUT2D eigenvalue weighted by molar-refractivity contribution is 0.0840. The molecule has 2 fully saturated rings. The van der Waals surface area contributed by atoms with Gasteiger partial charge in [0.05, 0.1) is 6.04 Å². The molecular formula is C15H25N3S. The van der Waals surface area contributed by atoms with Gasteiger partial charge in [0.15, 0.2) is 0 Å². The maximum absolute atomic E-state index is 6.27. The first kappa shape index (κ1) is 13.6. The fourth-order valence-electron chi connectivity index (χ4n) is 3.20. The predicted octanol–water partition coefficient (Wildman–Crippen LogP) is 2.22. The van der Waals surface area contributed by atoms with E-state index < -0.39 is 0 Å². The van der Waals surface area contributed by atoms with Gasteiger partial charge in [-0.15, -0.1) is 11.3 Å². The molecule has 1 saturated heterocycles. The van der Waals surface area contributed by atoms with Crippen LogP contribution in [0.5, 0.6) is 0 Å². The minimum absolute atomic E-state index is 0.200. The van der Waals surface area contributed by atoms with Crippen LogP contribution in [0.4, 0.5) is 0 Å². The van der Waals surface area contributed by atoms with E-state index >= 15 is 0 Å². The average molecular weight is 279 g/mol.